The van der Waals surface area contributed by atoms with Crippen LogP contribution in [0, 0.1) is 17.7 Å². The van der Waals surface area contributed by atoms with Gasteiger partial charge in [-0.2, -0.15) is 0 Å². The monoisotopic (exact) mass is 1050 g/mol. The Morgan fingerprint density at radius 2 is 1.57 bits per heavy atom. The van der Waals surface area contributed by atoms with Gasteiger partial charge in [0.05, 0.1) is 0 Å². The Morgan fingerprint density at radius 3 is 2.25 bits per heavy atom. The number of hydrogen-bond acceptors (Lipinski definition) is 11. The maximum absolute atomic E-state index is 16.6. The van der Waals surface area contributed by atoms with Gasteiger partial charge >= 0.3 is 6.09 Å². The number of nitrogens with one attached hydrogen (secondary N) is 3. The Labute approximate surface area is 452 Å². The molecule has 5 aliphatic heterocycles. The van der Waals surface area contributed by atoms with Crippen LogP contribution >= 0.6 is 0 Å². The molecule has 4 unspecified atom stereocenters. The number of likely N-dealkylation sites (tertiary alicyclic amines) is 4. The molecule has 6 aliphatic rings. The summed E-state index contributed by atoms with van der Waals surface area (Å²) in [4.78, 5) is 68.2. The molecule has 5 saturated heterocycles. The van der Waals surface area contributed by atoms with E-state index in [1.807, 2.05) is 56.1 Å². The summed E-state index contributed by atoms with van der Waals surface area (Å²) in [5.74, 6) is 0.817. The number of aromatic nitrogens is 2. The fraction of sp³-hybridized carbons (Fsp3) is 0.541. The number of ether oxygens (including phenoxy) is 1. The summed E-state index contributed by atoms with van der Waals surface area (Å²) in [7, 11) is 0. The summed E-state index contributed by atoms with van der Waals surface area (Å²) in [6, 6.07) is 18.5. The van der Waals surface area contributed by atoms with Crippen LogP contribution in [-0.2, 0) is 20.7 Å². The molecule has 2 aromatic heterocycles. The van der Waals surface area contributed by atoms with Crippen LogP contribution in [0.5, 0.6) is 0 Å². The fourth-order valence-electron chi connectivity index (χ4n) is 13.0. The van der Waals surface area contributed by atoms with E-state index in [9.17, 15) is 19.2 Å². The molecular formula is C61H77F2N9O5. The summed E-state index contributed by atoms with van der Waals surface area (Å²) in [5, 5.41) is 8.12. The molecule has 14 nitrogen and oxygen atoms in total. The van der Waals surface area contributed by atoms with E-state index >= 15 is 8.78 Å². The van der Waals surface area contributed by atoms with Crippen LogP contribution in [0.4, 0.5) is 25.1 Å². The van der Waals surface area contributed by atoms with Gasteiger partial charge in [-0.15, -0.1) is 0 Å². The van der Waals surface area contributed by atoms with Gasteiger partial charge in [-0.05, 0) is 201 Å². The number of halogens is 2. The predicted octanol–water partition coefficient (Wildman–Crippen LogP) is 9.84. The van der Waals surface area contributed by atoms with Crippen LogP contribution < -0.4 is 16.0 Å². The molecule has 7 heterocycles. The van der Waals surface area contributed by atoms with Crippen molar-refractivity contribution in [3.05, 3.63) is 112 Å². The molecule has 0 spiro atoms. The molecule has 2 aromatic carbocycles. The number of pyridine rings is 2. The zero-order chi connectivity index (χ0) is 54.0. The van der Waals surface area contributed by atoms with Gasteiger partial charge in [0, 0.05) is 85.7 Å². The van der Waals surface area contributed by atoms with Gasteiger partial charge in [0.2, 0.25) is 11.8 Å². The number of alkyl halides is 1. The molecule has 10 rings (SSSR count). The number of amides is 4. The largest absolute Gasteiger partial charge is 0.444 e. The molecule has 16 heteroatoms. The quantitative estimate of drug-likeness (QED) is 0.116. The molecule has 410 valence electrons. The average Bonchev–Trinajstić information content (AvgIpc) is 3.40. The number of anilines is 2. The van der Waals surface area contributed by atoms with Crippen LogP contribution in [0.25, 0.3) is 17.2 Å². The first kappa shape index (κ1) is 54.3. The van der Waals surface area contributed by atoms with Crippen molar-refractivity contribution in [2.75, 3.05) is 76.1 Å². The number of fused-ring (bicyclic) bond motifs is 1. The molecule has 1 aliphatic carbocycles. The lowest BCUT2D eigenvalue weighted by Gasteiger charge is -2.49. The third kappa shape index (κ3) is 13.1. The molecular weight excluding hydrogens is 977 g/mol. The van der Waals surface area contributed by atoms with Gasteiger partial charge < -0.3 is 15.0 Å². The van der Waals surface area contributed by atoms with Crippen molar-refractivity contribution in [2.24, 2.45) is 11.8 Å². The number of rotatable bonds is 12. The number of hydrogen-bond donors (Lipinski definition) is 3. The van der Waals surface area contributed by atoms with Crippen molar-refractivity contribution in [1.29, 1.82) is 0 Å². The Kier molecular flexibility index (Phi) is 16.3. The topological polar surface area (TPSA) is 152 Å². The van der Waals surface area contributed by atoms with Crippen molar-refractivity contribution in [3.8, 4) is 11.1 Å². The molecule has 4 amide bonds. The van der Waals surface area contributed by atoms with Crippen molar-refractivity contribution in [1.82, 2.24) is 34.9 Å². The lowest BCUT2D eigenvalue weighted by Crippen LogP contribution is -2.60. The van der Waals surface area contributed by atoms with E-state index in [1.54, 1.807) is 31.3 Å². The standard InChI is InChI=1S/C61H77F2N9O5/c1-39-32-53-50(48(16-24-64-53)45-10-14-55(65-35-45)67-59(76)77-60(2,3)4)33-46(39)37-69-25-19-42(20-26-69)41-6-8-44(9-7-41)58(75)72-28-17-40(18-29-72)36-70-27-23-54(61(5,63)38-70)71-30-21-43(22-31-71)49-12-11-47(34-51(49)62)66-52-13-15-56(73)68-57(52)74/h6-12,14,16,24,33-35,39-40,42-43,52,54,66H,13,15,17-23,25-32,36-38H2,1-5H3,(H,65,67,76)(H,68,73,74). The molecule has 0 saturated carbocycles. The van der Waals surface area contributed by atoms with E-state index in [1.165, 1.54) is 17.2 Å². The Hall–Kier alpha value is -6.10. The molecule has 0 bridgehead atoms. The lowest BCUT2D eigenvalue weighted by molar-refractivity contribution is -0.133. The van der Waals surface area contributed by atoms with Gasteiger partial charge in [-0.3, -0.25) is 44.7 Å². The Balaban J connectivity index is 0.646. The maximum Gasteiger partial charge on any atom is 0.413 e. The Bertz CT molecular complexity index is 2810. The van der Waals surface area contributed by atoms with Gasteiger partial charge in [-0.1, -0.05) is 36.8 Å². The first-order valence-corrected chi connectivity index (χ1v) is 28.2. The predicted molar refractivity (Wildman–Crippen MR) is 296 cm³/mol. The smallest absolute Gasteiger partial charge is 0.413 e. The van der Waals surface area contributed by atoms with Crippen LogP contribution in [0.1, 0.15) is 137 Å². The summed E-state index contributed by atoms with van der Waals surface area (Å²) in [6.45, 7) is 17.4. The molecule has 4 aromatic rings. The van der Waals surface area contributed by atoms with Gasteiger partial charge in [0.25, 0.3) is 5.91 Å². The fourth-order valence-corrected chi connectivity index (χ4v) is 13.0. The normalized spacial score (nSPS) is 24.7. The van der Waals surface area contributed by atoms with E-state index in [0.29, 0.717) is 74.0 Å². The number of imide groups is 1. The maximum atomic E-state index is 16.6. The van der Waals surface area contributed by atoms with E-state index in [2.05, 4.69) is 60.8 Å². The second-order valence-electron chi connectivity index (χ2n) is 24.0. The molecule has 5 fully saturated rings. The average molecular weight is 1050 g/mol. The number of benzene rings is 2. The number of piperidine rings is 5. The molecule has 4 atom stereocenters. The molecule has 0 radical (unpaired) electrons. The minimum absolute atomic E-state index is 0.0412. The van der Waals surface area contributed by atoms with Gasteiger partial charge in [0.15, 0.2) is 0 Å². The number of nitrogens with zero attached hydrogens (tertiary/aromatic N) is 6. The minimum Gasteiger partial charge on any atom is -0.444 e. The second-order valence-corrected chi connectivity index (χ2v) is 24.0. The van der Waals surface area contributed by atoms with E-state index in [0.717, 1.165) is 112 Å². The summed E-state index contributed by atoms with van der Waals surface area (Å²) < 4.78 is 37.4. The number of carbonyl (C=O) groups is 4. The second kappa shape index (κ2) is 23.1. The highest BCUT2D eigenvalue weighted by Crippen LogP contribution is 2.39. The highest BCUT2D eigenvalue weighted by atomic mass is 19.1. The van der Waals surface area contributed by atoms with Crippen molar-refractivity contribution >= 4 is 41.4 Å². The van der Waals surface area contributed by atoms with Gasteiger partial charge in [0.1, 0.15) is 28.9 Å². The molecule has 3 N–H and O–H groups in total. The summed E-state index contributed by atoms with van der Waals surface area (Å²) in [6.07, 6.45) is 13.2. The minimum atomic E-state index is -1.37. The highest BCUT2D eigenvalue weighted by molar-refractivity contribution is 6.01. The Morgan fingerprint density at radius 1 is 0.844 bits per heavy atom. The summed E-state index contributed by atoms with van der Waals surface area (Å²) in [5.41, 5.74) is 6.91. The van der Waals surface area contributed by atoms with Crippen LogP contribution in [0.2, 0.25) is 0 Å². The number of carbonyl (C=O) groups excluding carboxylic acids is 4. The third-order valence-electron chi connectivity index (χ3n) is 17.2. The zero-order valence-electron chi connectivity index (χ0n) is 45.6. The van der Waals surface area contributed by atoms with Crippen molar-refractivity contribution in [2.45, 2.75) is 134 Å². The first-order valence-electron chi connectivity index (χ1n) is 28.2. The van der Waals surface area contributed by atoms with E-state index in [4.69, 9.17) is 9.72 Å². The highest BCUT2D eigenvalue weighted by Gasteiger charge is 2.45. The van der Waals surface area contributed by atoms with Crippen molar-refractivity contribution in [3.63, 3.8) is 0 Å². The first-order chi connectivity index (χ1) is 36.9. The van der Waals surface area contributed by atoms with E-state index < -0.39 is 23.4 Å². The zero-order valence-corrected chi connectivity index (χ0v) is 45.6. The van der Waals surface area contributed by atoms with Gasteiger partial charge in [-0.25, -0.2) is 18.6 Å². The van der Waals surface area contributed by atoms with Crippen LogP contribution in [-0.4, -0.2) is 142 Å². The molecule has 77 heavy (non-hydrogen) atoms. The van der Waals surface area contributed by atoms with Crippen LogP contribution in [0.15, 0.2) is 78.6 Å². The van der Waals surface area contributed by atoms with Crippen LogP contribution in [0.3, 0.4) is 0 Å². The van der Waals surface area contributed by atoms with Crippen molar-refractivity contribution < 1.29 is 32.7 Å². The van der Waals surface area contributed by atoms with E-state index in [-0.39, 0.29) is 41.9 Å². The third-order valence-corrected chi connectivity index (χ3v) is 17.2. The SMILES string of the molecule is CC1Cc2nccc(-c3ccc(NC(=O)OC(C)(C)C)nc3)c2C=C1CN1CCC(c2ccc(C(=O)N3CCC(CN4CCC(N5CCC(c6ccc(NC7CCC(=O)NC7=O)cc6F)CC5)C(C)(F)C4)CC3)cc2)CC1. The summed E-state index contributed by atoms with van der Waals surface area (Å²) >= 11 is 0. The lowest BCUT2D eigenvalue weighted by atomic mass is 9.83.